The largest absolute Gasteiger partial charge is 0.271 e. The zero-order valence-corrected chi connectivity index (χ0v) is 12.9. The van der Waals surface area contributed by atoms with Gasteiger partial charge in [-0.25, -0.2) is 13.4 Å². The number of hydrogen-bond acceptors (Lipinski definition) is 5. The summed E-state index contributed by atoms with van der Waals surface area (Å²) in [4.78, 5) is 4.73. The molecule has 6 nitrogen and oxygen atoms in total. The Bertz CT molecular complexity index is 901. The van der Waals surface area contributed by atoms with Crippen molar-refractivity contribution in [1.82, 2.24) is 19.7 Å². The number of aromatic nitrogens is 4. The first kappa shape index (κ1) is 14.4. The Hall–Kier alpha value is -2.54. The SMILES string of the molecule is Cc1cnc(-n2cnnc2)c(-c2ccc(S(C)(=O)=O)cc2)c1. The van der Waals surface area contributed by atoms with Gasteiger partial charge in [-0.1, -0.05) is 12.1 Å². The van der Waals surface area contributed by atoms with E-state index in [2.05, 4.69) is 15.2 Å². The molecule has 0 amide bonds. The molecule has 2 heterocycles. The summed E-state index contributed by atoms with van der Waals surface area (Å²) in [5.74, 6) is 0.697. The predicted octanol–water partition coefficient (Wildman–Crippen LogP) is 2.04. The Morgan fingerprint density at radius 3 is 2.27 bits per heavy atom. The van der Waals surface area contributed by atoms with E-state index in [1.54, 1.807) is 47.7 Å². The molecule has 2 aromatic heterocycles. The minimum atomic E-state index is -3.20. The minimum absolute atomic E-state index is 0.294. The van der Waals surface area contributed by atoms with Crippen LogP contribution in [0.5, 0.6) is 0 Å². The molecule has 0 bridgehead atoms. The second kappa shape index (κ2) is 5.34. The molecule has 7 heteroatoms. The number of rotatable bonds is 3. The smallest absolute Gasteiger partial charge is 0.175 e. The van der Waals surface area contributed by atoms with Crippen LogP contribution in [0.15, 0.2) is 54.1 Å². The maximum absolute atomic E-state index is 11.6. The Kier molecular flexibility index (Phi) is 3.50. The molecular weight excluding hydrogens is 300 g/mol. The third-order valence-electron chi connectivity index (χ3n) is 3.26. The molecule has 0 aliphatic rings. The van der Waals surface area contributed by atoms with Crippen LogP contribution >= 0.6 is 0 Å². The van der Waals surface area contributed by atoms with Gasteiger partial charge in [0.05, 0.1) is 4.90 Å². The number of nitrogens with zero attached hydrogens (tertiary/aromatic N) is 4. The van der Waals surface area contributed by atoms with Gasteiger partial charge in [0, 0.05) is 18.0 Å². The van der Waals surface area contributed by atoms with E-state index in [1.807, 2.05) is 13.0 Å². The Labute approximate surface area is 128 Å². The van der Waals surface area contributed by atoms with E-state index in [4.69, 9.17) is 0 Å². The first-order chi connectivity index (χ1) is 10.4. The molecular formula is C15H14N4O2S. The Morgan fingerprint density at radius 1 is 1.05 bits per heavy atom. The van der Waals surface area contributed by atoms with Crippen LogP contribution in [0.25, 0.3) is 16.9 Å². The van der Waals surface area contributed by atoms with Crippen molar-refractivity contribution in [1.29, 1.82) is 0 Å². The molecule has 0 N–H and O–H groups in total. The lowest BCUT2D eigenvalue weighted by atomic mass is 10.1. The summed E-state index contributed by atoms with van der Waals surface area (Å²) in [7, 11) is -3.20. The topological polar surface area (TPSA) is 77.7 Å². The van der Waals surface area contributed by atoms with Crippen molar-refractivity contribution in [2.24, 2.45) is 0 Å². The van der Waals surface area contributed by atoms with Gasteiger partial charge in [-0.15, -0.1) is 10.2 Å². The first-order valence-corrected chi connectivity index (χ1v) is 8.46. The number of sulfone groups is 1. The molecule has 0 saturated heterocycles. The summed E-state index contributed by atoms with van der Waals surface area (Å²) in [6.45, 7) is 1.96. The predicted molar refractivity (Wildman–Crippen MR) is 82.4 cm³/mol. The van der Waals surface area contributed by atoms with Crippen molar-refractivity contribution in [2.45, 2.75) is 11.8 Å². The number of aryl methyl sites for hydroxylation is 1. The minimum Gasteiger partial charge on any atom is -0.271 e. The number of hydrogen-bond donors (Lipinski definition) is 0. The fraction of sp³-hybridized carbons (Fsp3) is 0.133. The van der Waals surface area contributed by atoms with E-state index < -0.39 is 9.84 Å². The maximum atomic E-state index is 11.6. The third-order valence-corrected chi connectivity index (χ3v) is 4.39. The van der Waals surface area contributed by atoms with E-state index in [9.17, 15) is 8.42 Å². The Morgan fingerprint density at radius 2 is 1.68 bits per heavy atom. The average molecular weight is 314 g/mol. The molecule has 0 aliphatic carbocycles. The van der Waals surface area contributed by atoms with Gasteiger partial charge in [0.2, 0.25) is 0 Å². The van der Waals surface area contributed by atoms with Crippen LogP contribution in [0.1, 0.15) is 5.56 Å². The molecule has 0 saturated carbocycles. The fourth-order valence-electron chi connectivity index (χ4n) is 2.17. The maximum Gasteiger partial charge on any atom is 0.175 e. The van der Waals surface area contributed by atoms with Gasteiger partial charge < -0.3 is 0 Å². The zero-order chi connectivity index (χ0) is 15.7. The summed E-state index contributed by atoms with van der Waals surface area (Å²) in [6, 6.07) is 8.76. The Balaban J connectivity index is 2.14. The molecule has 0 atom stereocenters. The molecule has 0 unspecified atom stereocenters. The van der Waals surface area contributed by atoms with Crippen LogP contribution in [-0.2, 0) is 9.84 Å². The monoisotopic (exact) mass is 314 g/mol. The highest BCUT2D eigenvalue weighted by Crippen LogP contribution is 2.27. The van der Waals surface area contributed by atoms with Crippen LogP contribution in [0.2, 0.25) is 0 Å². The van der Waals surface area contributed by atoms with E-state index in [0.717, 1.165) is 16.7 Å². The normalized spacial score (nSPS) is 11.5. The number of pyridine rings is 1. The molecule has 1 aromatic carbocycles. The molecule has 0 fully saturated rings. The van der Waals surface area contributed by atoms with Gasteiger partial charge in [-0.3, -0.25) is 4.57 Å². The van der Waals surface area contributed by atoms with E-state index in [0.29, 0.717) is 10.7 Å². The second-order valence-corrected chi connectivity index (χ2v) is 7.07. The van der Waals surface area contributed by atoms with Crippen molar-refractivity contribution in [2.75, 3.05) is 6.26 Å². The highest BCUT2D eigenvalue weighted by molar-refractivity contribution is 7.90. The molecule has 0 radical (unpaired) electrons. The highest BCUT2D eigenvalue weighted by atomic mass is 32.2. The van der Waals surface area contributed by atoms with E-state index in [1.165, 1.54) is 6.26 Å². The van der Waals surface area contributed by atoms with Gasteiger partial charge in [-0.05, 0) is 36.2 Å². The van der Waals surface area contributed by atoms with Crippen molar-refractivity contribution in [3.63, 3.8) is 0 Å². The van der Waals surface area contributed by atoms with Gasteiger partial charge in [0.15, 0.2) is 9.84 Å². The summed E-state index contributed by atoms with van der Waals surface area (Å²) in [6.07, 6.45) is 6.11. The van der Waals surface area contributed by atoms with Crippen LogP contribution in [0.3, 0.4) is 0 Å². The van der Waals surface area contributed by atoms with Crippen LogP contribution in [-0.4, -0.2) is 34.4 Å². The highest BCUT2D eigenvalue weighted by Gasteiger charge is 2.11. The fourth-order valence-corrected chi connectivity index (χ4v) is 2.80. The first-order valence-electron chi connectivity index (χ1n) is 6.57. The molecule has 0 aliphatic heterocycles. The lowest BCUT2D eigenvalue weighted by Crippen LogP contribution is -2.00. The summed E-state index contributed by atoms with van der Waals surface area (Å²) >= 11 is 0. The average Bonchev–Trinajstić information content (AvgIpc) is 3.00. The summed E-state index contributed by atoms with van der Waals surface area (Å²) < 4.78 is 24.8. The molecule has 3 aromatic rings. The molecule has 3 rings (SSSR count). The van der Waals surface area contributed by atoms with Gasteiger partial charge in [-0.2, -0.15) is 0 Å². The van der Waals surface area contributed by atoms with Crippen LogP contribution in [0, 0.1) is 6.92 Å². The molecule has 112 valence electrons. The van der Waals surface area contributed by atoms with Crippen molar-refractivity contribution in [3.8, 4) is 16.9 Å². The molecule has 22 heavy (non-hydrogen) atoms. The second-order valence-electron chi connectivity index (χ2n) is 5.05. The van der Waals surface area contributed by atoms with E-state index >= 15 is 0 Å². The van der Waals surface area contributed by atoms with Gasteiger partial charge in [0.25, 0.3) is 0 Å². The zero-order valence-electron chi connectivity index (χ0n) is 12.1. The third kappa shape index (κ3) is 2.75. The van der Waals surface area contributed by atoms with Crippen LogP contribution in [0.4, 0.5) is 0 Å². The van der Waals surface area contributed by atoms with Crippen molar-refractivity contribution >= 4 is 9.84 Å². The summed E-state index contributed by atoms with van der Waals surface area (Å²) in [5.41, 5.74) is 2.78. The van der Waals surface area contributed by atoms with E-state index in [-0.39, 0.29) is 0 Å². The van der Waals surface area contributed by atoms with Gasteiger partial charge in [0.1, 0.15) is 18.5 Å². The summed E-state index contributed by atoms with van der Waals surface area (Å²) in [5, 5.41) is 7.59. The molecule has 0 spiro atoms. The van der Waals surface area contributed by atoms with Crippen molar-refractivity contribution in [3.05, 3.63) is 54.7 Å². The van der Waals surface area contributed by atoms with Crippen molar-refractivity contribution < 1.29 is 8.42 Å². The van der Waals surface area contributed by atoms with Crippen LogP contribution < -0.4 is 0 Å². The quantitative estimate of drug-likeness (QED) is 0.739. The number of benzene rings is 1. The lowest BCUT2D eigenvalue weighted by Gasteiger charge is -2.10. The lowest BCUT2D eigenvalue weighted by molar-refractivity contribution is 0.602. The standard InChI is InChI=1S/C15H14N4O2S/c1-11-7-14(15(16-8-11)19-9-17-18-10-19)12-3-5-13(6-4-12)22(2,20)21/h3-10H,1-2H3. The van der Waals surface area contributed by atoms with Gasteiger partial charge >= 0.3 is 0 Å².